The first-order valence-corrected chi connectivity index (χ1v) is 6.90. The standard InChI is InChI=1S/C16H18FNO2/c1-11-12(8-16(20-11)9-18-14-4-5-14)10-19-15-6-2-13(17)3-7-15/h2-3,6-8,14,18H,4-5,9-10H2,1H3. The topological polar surface area (TPSA) is 34.4 Å². The smallest absolute Gasteiger partial charge is 0.123 e. The fourth-order valence-corrected chi connectivity index (χ4v) is 2.04. The first kappa shape index (κ1) is 13.2. The molecule has 0 bridgehead atoms. The van der Waals surface area contributed by atoms with Crippen LogP contribution in [0.15, 0.2) is 34.7 Å². The van der Waals surface area contributed by atoms with E-state index in [-0.39, 0.29) is 5.82 Å². The minimum atomic E-state index is -0.259. The van der Waals surface area contributed by atoms with Crippen molar-refractivity contribution in [1.29, 1.82) is 0 Å². The molecule has 0 unspecified atom stereocenters. The van der Waals surface area contributed by atoms with E-state index >= 15 is 0 Å². The quantitative estimate of drug-likeness (QED) is 0.875. The SMILES string of the molecule is Cc1oc(CNC2CC2)cc1COc1ccc(F)cc1. The normalized spacial score (nSPS) is 14.5. The molecule has 3 nitrogen and oxygen atoms in total. The second-order valence-corrected chi connectivity index (χ2v) is 5.19. The maximum Gasteiger partial charge on any atom is 0.123 e. The zero-order valence-electron chi connectivity index (χ0n) is 11.5. The Hall–Kier alpha value is -1.81. The molecule has 106 valence electrons. The van der Waals surface area contributed by atoms with Crippen LogP contribution < -0.4 is 10.1 Å². The molecule has 2 aromatic rings. The Morgan fingerprint density at radius 1 is 1.30 bits per heavy atom. The molecule has 0 aliphatic heterocycles. The molecule has 1 N–H and O–H groups in total. The van der Waals surface area contributed by atoms with Gasteiger partial charge in [-0.1, -0.05) is 0 Å². The highest BCUT2D eigenvalue weighted by atomic mass is 19.1. The second-order valence-electron chi connectivity index (χ2n) is 5.19. The molecule has 3 rings (SSSR count). The van der Waals surface area contributed by atoms with Gasteiger partial charge in [0, 0.05) is 11.6 Å². The van der Waals surface area contributed by atoms with E-state index in [1.165, 1.54) is 25.0 Å². The van der Waals surface area contributed by atoms with E-state index in [0.717, 1.165) is 23.6 Å². The lowest BCUT2D eigenvalue weighted by molar-refractivity contribution is 0.302. The van der Waals surface area contributed by atoms with Crippen LogP contribution in [0.5, 0.6) is 5.75 Å². The van der Waals surface area contributed by atoms with Crippen molar-refractivity contribution in [3.63, 3.8) is 0 Å². The van der Waals surface area contributed by atoms with Gasteiger partial charge in [0.15, 0.2) is 0 Å². The first-order valence-electron chi connectivity index (χ1n) is 6.90. The van der Waals surface area contributed by atoms with Gasteiger partial charge < -0.3 is 14.5 Å². The number of hydrogen-bond donors (Lipinski definition) is 1. The molecule has 0 saturated heterocycles. The Morgan fingerprint density at radius 2 is 2.05 bits per heavy atom. The fourth-order valence-electron chi connectivity index (χ4n) is 2.04. The van der Waals surface area contributed by atoms with Crippen LogP contribution in [0.1, 0.15) is 29.9 Å². The summed E-state index contributed by atoms with van der Waals surface area (Å²) in [6.07, 6.45) is 2.53. The van der Waals surface area contributed by atoms with Gasteiger partial charge in [0.25, 0.3) is 0 Å². The van der Waals surface area contributed by atoms with Crippen molar-refractivity contribution in [2.24, 2.45) is 0 Å². The summed E-state index contributed by atoms with van der Waals surface area (Å²) in [5, 5.41) is 3.42. The molecule has 1 heterocycles. The Labute approximate surface area is 117 Å². The van der Waals surface area contributed by atoms with E-state index in [1.54, 1.807) is 12.1 Å². The second kappa shape index (κ2) is 5.67. The Bertz CT molecular complexity index is 573. The van der Waals surface area contributed by atoms with Crippen LogP contribution >= 0.6 is 0 Å². The van der Waals surface area contributed by atoms with E-state index < -0.39 is 0 Å². The van der Waals surface area contributed by atoms with E-state index in [0.29, 0.717) is 18.4 Å². The average molecular weight is 275 g/mol. The third-order valence-electron chi connectivity index (χ3n) is 3.42. The molecule has 0 amide bonds. The van der Waals surface area contributed by atoms with Gasteiger partial charge in [-0.2, -0.15) is 0 Å². The van der Waals surface area contributed by atoms with Gasteiger partial charge >= 0.3 is 0 Å². The largest absolute Gasteiger partial charge is 0.489 e. The molecule has 0 atom stereocenters. The van der Waals surface area contributed by atoms with Crippen molar-refractivity contribution in [1.82, 2.24) is 5.32 Å². The molecule has 1 fully saturated rings. The Kier molecular flexibility index (Phi) is 3.74. The van der Waals surface area contributed by atoms with E-state index in [9.17, 15) is 4.39 Å². The third-order valence-corrected chi connectivity index (χ3v) is 3.42. The molecule has 4 heteroatoms. The number of halogens is 1. The minimum absolute atomic E-state index is 0.259. The molecular weight excluding hydrogens is 257 g/mol. The predicted octanol–water partition coefficient (Wildman–Crippen LogP) is 3.56. The summed E-state index contributed by atoms with van der Waals surface area (Å²) < 4.78 is 24.1. The molecule has 0 radical (unpaired) electrons. The number of nitrogens with one attached hydrogen (secondary N) is 1. The third kappa shape index (κ3) is 3.39. The van der Waals surface area contributed by atoms with Crippen LogP contribution in [0.3, 0.4) is 0 Å². The maximum absolute atomic E-state index is 12.8. The lowest BCUT2D eigenvalue weighted by Crippen LogP contribution is -2.14. The highest BCUT2D eigenvalue weighted by molar-refractivity contribution is 5.24. The summed E-state index contributed by atoms with van der Waals surface area (Å²) in [5.74, 6) is 2.21. The van der Waals surface area contributed by atoms with Gasteiger partial charge in [0.2, 0.25) is 0 Å². The summed E-state index contributed by atoms with van der Waals surface area (Å²) in [5.41, 5.74) is 1.03. The fraction of sp³-hybridized carbons (Fsp3) is 0.375. The lowest BCUT2D eigenvalue weighted by Gasteiger charge is -2.04. The molecule has 1 aliphatic rings. The van der Waals surface area contributed by atoms with Gasteiger partial charge in [-0.25, -0.2) is 4.39 Å². The van der Waals surface area contributed by atoms with Crippen LogP contribution in [0.4, 0.5) is 4.39 Å². The summed E-state index contributed by atoms with van der Waals surface area (Å²) in [4.78, 5) is 0. The van der Waals surface area contributed by atoms with Crippen LogP contribution in [0, 0.1) is 12.7 Å². The minimum Gasteiger partial charge on any atom is -0.489 e. The van der Waals surface area contributed by atoms with Gasteiger partial charge in [0.05, 0.1) is 6.54 Å². The number of aryl methyl sites for hydroxylation is 1. The highest BCUT2D eigenvalue weighted by Crippen LogP contribution is 2.21. The van der Waals surface area contributed by atoms with Crippen molar-refractivity contribution >= 4 is 0 Å². The van der Waals surface area contributed by atoms with Crippen LogP contribution in [-0.2, 0) is 13.2 Å². The lowest BCUT2D eigenvalue weighted by atomic mass is 10.2. The van der Waals surface area contributed by atoms with Gasteiger partial charge in [0.1, 0.15) is 29.7 Å². The van der Waals surface area contributed by atoms with Crippen molar-refractivity contribution in [3.05, 3.63) is 53.2 Å². The van der Waals surface area contributed by atoms with E-state index in [1.807, 2.05) is 13.0 Å². The molecule has 1 aromatic heterocycles. The number of rotatable bonds is 6. The number of ether oxygens (including phenoxy) is 1. The maximum atomic E-state index is 12.8. The van der Waals surface area contributed by atoms with Gasteiger partial charge in [-0.15, -0.1) is 0 Å². The zero-order valence-corrected chi connectivity index (χ0v) is 11.5. The Balaban J connectivity index is 1.57. The first-order chi connectivity index (χ1) is 9.70. The number of hydrogen-bond acceptors (Lipinski definition) is 3. The number of furan rings is 1. The average Bonchev–Trinajstić information content (AvgIpc) is 3.20. The van der Waals surface area contributed by atoms with Crippen LogP contribution in [0.2, 0.25) is 0 Å². The molecule has 0 spiro atoms. The van der Waals surface area contributed by atoms with Crippen molar-refractivity contribution in [2.75, 3.05) is 0 Å². The predicted molar refractivity (Wildman–Crippen MR) is 74.0 cm³/mol. The molecule has 1 saturated carbocycles. The van der Waals surface area contributed by atoms with Crippen LogP contribution in [-0.4, -0.2) is 6.04 Å². The van der Waals surface area contributed by atoms with E-state index in [4.69, 9.17) is 9.15 Å². The monoisotopic (exact) mass is 275 g/mol. The summed E-state index contributed by atoms with van der Waals surface area (Å²) >= 11 is 0. The van der Waals surface area contributed by atoms with Gasteiger partial charge in [-0.3, -0.25) is 0 Å². The number of benzene rings is 1. The van der Waals surface area contributed by atoms with Crippen LogP contribution in [0.25, 0.3) is 0 Å². The van der Waals surface area contributed by atoms with Crippen molar-refractivity contribution in [2.45, 2.75) is 39.0 Å². The Morgan fingerprint density at radius 3 is 2.75 bits per heavy atom. The van der Waals surface area contributed by atoms with Gasteiger partial charge in [-0.05, 0) is 50.1 Å². The van der Waals surface area contributed by atoms with Crippen molar-refractivity contribution < 1.29 is 13.5 Å². The molecule has 20 heavy (non-hydrogen) atoms. The van der Waals surface area contributed by atoms with Crippen molar-refractivity contribution in [3.8, 4) is 5.75 Å². The molecular formula is C16H18FNO2. The molecule has 1 aliphatic carbocycles. The zero-order chi connectivity index (χ0) is 13.9. The summed E-state index contributed by atoms with van der Waals surface area (Å²) in [7, 11) is 0. The molecule has 1 aromatic carbocycles. The highest BCUT2D eigenvalue weighted by Gasteiger charge is 2.20. The summed E-state index contributed by atoms with van der Waals surface area (Å²) in [6, 6.07) is 8.72. The summed E-state index contributed by atoms with van der Waals surface area (Å²) in [6.45, 7) is 3.14. The van der Waals surface area contributed by atoms with E-state index in [2.05, 4.69) is 5.32 Å².